The smallest absolute Gasteiger partial charge is 0.408 e. The molecule has 0 bridgehead atoms. The second-order valence-electron chi connectivity index (χ2n) is 12.8. The van der Waals surface area contributed by atoms with Gasteiger partial charge in [-0.05, 0) is 57.8 Å². The molecular weight excluding hydrogens is 586 g/mol. The topological polar surface area (TPSA) is 154 Å². The van der Waals surface area contributed by atoms with Crippen molar-refractivity contribution in [1.82, 2.24) is 24.6 Å². The van der Waals surface area contributed by atoms with E-state index in [2.05, 4.69) is 21.9 Å². The first-order chi connectivity index (χ1) is 21.1. The van der Waals surface area contributed by atoms with E-state index in [9.17, 15) is 27.6 Å². The third-order valence-corrected chi connectivity index (χ3v) is 11.2. The van der Waals surface area contributed by atoms with Crippen molar-refractivity contribution in [1.29, 1.82) is 0 Å². The van der Waals surface area contributed by atoms with Gasteiger partial charge in [0.05, 0.1) is 0 Å². The average molecular weight is 638 g/mol. The van der Waals surface area contributed by atoms with E-state index in [1.807, 2.05) is 0 Å². The van der Waals surface area contributed by atoms with Crippen LogP contribution in [-0.4, -0.2) is 84.8 Å². The molecule has 44 heavy (non-hydrogen) atoms. The Morgan fingerprint density at radius 2 is 1.59 bits per heavy atom. The lowest BCUT2D eigenvalue weighted by Gasteiger charge is -2.30. The number of amides is 4. The van der Waals surface area contributed by atoms with Gasteiger partial charge >= 0.3 is 16.3 Å². The summed E-state index contributed by atoms with van der Waals surface area (Å²) in [5, 5.41) is 5.61. The van der Waals surface area contributed by atoms with Crippen molar-refractivity contribution >= 4 is 34.0 Å². The van der Waals surface area contributed by atoms with E-state index in [0.717, 1.165) is 70.6 Å². The van der Waals surface area contributed by atoms with E-state index >= 15 is 0 Å². The van der Waals surface area contributed by atoms with Crippen LogP contribution in [0.25, 0.3) is 0 Å². The molecule has 0 unspecified atom stereocenters. The lowest BCUT2D eigenvalue weighted by molar-refractivity contribution is -0.141. The summed E-state index contributed by atoms with van der Waals surface area (Å²) in [5.41, 5.74) is -1.45. The van der Waals surface area contributed by atoms with Gasteiger partial charge < -0.3 is 20.3 Å². The van der Waals surface area contributed by atoms with Crippen LogP contribution in [0.1, 0.15) is 110 Å². The van der Waals surface area contributed by atoms with Crippen molar-refractivity contribution in [2.45, 2.75) is 133 Å². The highest BCUT2D eigenvalue weighted by Crippen LogP contribution is 2.45. The number of ether oxygens (including phenoxy) is 1. The monoisotopic (exact) mass is 637 g/mol. The maximum absolute atomic E-state index is 13.9. The van der Waals surface area contributed by atoms with E-state index < -0.39 is 51.7 Å². The van der Waals surface area contributed by atoms with Crippen LogP contribution in [0.4, 0.5) is 4.79 Å². The summed E-state index contributed by atoms with van der Waals surface area (Å²) >= 11 is 0. The van der Waals surface area contributed by atoms with Crippen molar-refractivity contribution in [3.63, 3.8) is 0 Å². The quantitative estimate of drug-likeness (QED) is 0.400. The van der Waals surface area contributed by atoms with E-state index in [1.54, 1.807) is 13.0 Å². The molecule has 4 aliphatic rings. The van der Waals surface area contributed by atoms with Gasteiger partial charge in [0.1, 0.15) is 23.7 Å². The maximum Gasteiger partial charge on any atom is 0.408 e. The van der Waals surface area contributed by atoms with Crippen LogP contribution in [0.3, 0.4) is 0 Å². The van der Waals surface area contributed by atoms with E-state index in [0.29, 0.717) is 38.8 Å². The Balaban J connectivity index is 1.52. The molecule has 0 aromatic heterocycles. The molecule has 2 aliphatic heterocycles. The molecule has 0 radical (unpaired) electrons. The molecule has 4 rings (SSSR count). The molecule has 12 nitrogen and oxygen atoms in total. The Bertz CT molecular complexity index is 1160. The summed E-state index contributed by atoms with van der Waals surface area (Å²) in [4.78, 5) is 55.3. The number of carbonyl (C=O) groups excluding carboxylic acids is 4. The van der Waals surface area contributed by atoms with Crippen LogP contribution in [0.15, 0.2) is 12.7 Å². The molecule has 2 heterocycles. The van der Waals surface area contributed by atoms with Gasteiger partial charge in [-0.25, -0.2) is 9.52 Å². The summed E-state index contributed by atoms with van der Waals surface area (Å²) in [6.45, 7) is 6.37. The Morgan fingerprint density at radius 3 is 2.23 bits per heavy atom. The fourth-order valence-corrected chi connectivity index (χ4v) is 8.10. The first-order valence-corrected chi connectivity index (χ1v) is 18.1. The van der Waals surface area contributed by atoms with Crippen LogP contribution in [0.5, 0.6) is 0 Å². The lowest BCUT2D eigenvalue weighted by Crippen LogP contribution is -2.59. The minimum absolute atomic E-state index is 0.140. The zero-order valence-electron chi connectivity index (χ0n) is 26.2. The number of rotatable bonds is 4. The third kappa shape index (κ3) is 8.52. The second kappa shape index (κ2) is 15.6. The molecule has 2 saturated carbocycles. The molecule has 2 aliphatic carbocycles. The molecule has 3 N–H and O–H groups in total. The normalized spacial score (nSPS) is 31.8. The first-order valence-electron chi connectivity index (χ1n) is 16.7. The van der Waals surface area contributed by atoms with Gasteiger partial charge in [0, 0.05) is 25.6 Å². The number of fused-ring (bicyclic) bond motifs is 1. The van der Waals surface area contributed by atoms with E-state index in [1.165, 1.54) is 9.21 Å². The molecule has 4 amide bonds. The average Bonchev–Trinajstić information content (AvgIpc) is 3.30. The highest BCUT2D eigenvalue weighted by Gasteiger charge is 2.61. The van der Waals surface area contributed by atoms with Crippen LogP contribution < -0.4 is 15.4 Å². The number of nitrogens with one attached hydrogen (secondary N) is 3. The van der Waals surface area contributed by atoms with Gasteiger partial charge in [0.25, 0.3) is 5.91 Å². The van der Waals surface area contributed by atoms with Crippen molar-refractivity contribution in [2.75, 3.05) is 19.6 Å². The first kappa shape index (κ1) is 34.2. The second-order valence-corrected chi connectivity index (χ2v) is 14.4. The molecule has 248 valence electrons. The van der Waals surface area contributed by atoms with Gasteiger partial charge in [0.15, 0.2) is 0 Å². The Morgan fingerprint density at radius 1 is 0.955 bits per heavy atom. The Labute approximate surface area is 262 Å². The summed E-state index contributed by atoms with van der Waals surface area (Å²) < 4.78 is 35.4. The number of hydrogen-bond acceptors (Lipinski definition) is 7. The zero-order valence-corrected chi connectivity index (χ0v) is 27.0. The van der Waals surface area contributed by atoms with Gasteiger partial charge in [-0.1, -0.05) is 57.9 Å². The van der Waals surface area contributed by atoms with E-state index in [-0.39, 0.29) is 25.0 Å². The number of alkyl carbamates (subject to hydrolysis) is 1. The predicted octanol–water partition coefficient (Wildman–Crippen LogP) is 3.28. The molecule has 4 fully saturated rings. The molecule has 4 atom stereocenters. The van der Waals surface area contributed by atoms with Crippen molar-refractivity contribution in [3.05, 3.63) is 12.7 Å². The molecule has 2 saturated heterocycles. The largest absolute Gasteiger partial charge is 0.446 e. The number of hydrogen-bond donors (Lipinski definition) is 3. The maximum atomic E-state index is 13.9. The van der Waals surface area contributed by atoms with Gasteiger partial charge in [-0.15, -0.1) is 6.58 Å². The molecule has 13 heteroatoms. The number of nitrogens with zero attached hydrogens (tertiary/aromatic N) is 2. The van der Waals surface area contributed by atoms with Crippen molar-refractivity contribution in [2.24, 2.45) is 5.92 Å². The molecule has 1 spiro atoms. The van der Waals surface area contributed by atoms with Crippen LogP contribution in [0.2, 0.25) is 0 Å². The SMILES string of the molecule is C=C[C@@H]1C[C@@]12NC(=O)[C@@H]1CCCN1C(=O)[C@@H](NC(=O)OC1CCCC1)CCCCCCCCCCN(CC)S(=O)(=O)NC2=O. The summed E-state index contributed by atoms with van der Waals surface area (Å²) in [6, 6.07) is -1.66. The minimum Gasteiger partial charge on any atom is -0.446 e. The zero-order chi connectivity index (χ0) is 31.7. The number of carbonyl (C=O) groups is 4. The molecule has 0 aromatic carbocycles. The van der Waals surface area contributed by atoms with Crippen LogP contribution in [-0.2, 0) is 29.3 Å². The van der Waals surface area contributed by atoms with Crippen LogP contribution in [0, 0.1) is 5.92 Å². The minimum atomic E-state index is -4.12. The Hall–Kier alpha value is -2.67. The summed E-state index contributed by atoms with van der Waals surface area (Å²) in [5.74, 6) is -2.10. The van der Waals surface area contributed by atoms with Crippen molar-refractivity contribution in [3.8, 4) is 0 Å². The third-order valence-electron chi connectivity index (χ3n) is 9.62. The van der Waals surface area contributed by atoms with Gasteiger partial charge in [0.2, 0.25) is 11.8 Å². The fourth-order valence-electron chi connectivity index (χ4n) is 6.85. The molecular formula is C31H51N5O7S. The Kier molecular flexibility index (Phi) is 12.1. The highest BCUT2D eigenvalue weighted by atomic mass is 32.2. The fraction of sp³-hybridized carbons (Fsp3) is 0.806. The van der Waals surface area contributed by atoms with Gasteiger partial charge in [-0.2, -0.15) is 12.7 Å². The summed E-state index contributed by atoms with van der Waals surface area (Å²) in [7, 11) is -4.12. The molecule has 0 aromatic rings. The highest BCUT2D eigenvalue weighted by molar-refractivity contribution is 7.87. The standard InChI is InChI=1S/C31H51N5O7S/c1-3-23-22-31(23)29(39)34-44(41,42)35(4-2)20-14-10-8-6-5-7-9-11-18-25(32-30(40)43-24-16-12-13-17-24)28(38)36-21-15-19-26(36)27(37)33-31/h3,23-26H,1,4-22H2,2H3,(H,32,40)(H,33,37)(H,34,39)/t23-,25+,26+,31-/m1/s1. The predicted molar refractivity (Wildman–Crippen MR) is 165 cm³/mol. The lowest BCUT2D eigenvalue weighted by atomic mass is 10.0. The van der Waals surface area contributed by atoms with Crippen molar-refractivity contribution < 1.29 is 32.3 Å². The van der Waals surface area contributed by atoms with E-state index in [4.69, 9.17) is 4.74 Å². The summed E-state index contributed by atoms with van der Waals surface area (Å²) in [6.07, 6.45) is 13.4. The van der Waals surface area contributed by atoms with Crippen LogP contribution >= 0.6 is 0 Å². The van der Waals surface area contributed by atoms with Gasteiger partial charge in [-0.3, -0.25) is 14.4 Å².